The number of ketones is 1. The van der Waals surface area contributed by atoms with Crippen LogP contribution in [0, 0.1) is 56.2 Å². The third-order valence-corrected chi connectivity index (χ3v) is 12.7. The van der Waals surface area contributed by atoms with Crippen molar-refractivity contribution in [3.8, 4) is 6.07 Å². The first-order chi connectivity index (χ1) is 18.7. The third-order valence-electron chi connectivity index (χ3n) is 12.7. The molecule has 224 valence electrons. The third kappa shape index (κ3) is 4.20. The molecular formula is C34H45F3N2O2. The summed E-state index contributed by atoms with van der Waals surface area (Å²) >= 11 is 0. The fourth-order valence-corrected chi connectivity index (χ4v) is 10.6. The number of nitriles is 1. The Kier molecular flexibility index (Phi) is 6.49. The highest BCUT2D eigenvalue weighted by Gasteiger charge is 2.69. The number of halogens is 3. The Hall–Kier alpha value is -2.36. The molecule has 41 heavy (non-hydrogen) atoms. The number of nitrogens with zero attached hydrogens (tertiary/aromatic N) is 1. The minimum absolute atomic E-state index is 0.00578. The van der Waals surface area contributed by atoms with Gasteiger partial charge in [0.2, 0.25) is 5.91 Å². The number of hydrogen-bond acceptors (Lipinski definition) is 3. The van der Waals surface area contributed by atoms with E-state index in [-0.39, 0.29) is 45.4 Å². The molecule has 0 heterocycles. The Balaban J connectivity index is 1.63. The number of allylic oxidation sites excluding steroid dienone is 5. The largest absolute Gasteiger partial charge is 0.397 e. The van der Waals surface area contributed by atoms with Crippen molar-refractivity contribution in [3.05, 3.63) is 35.5 Å². The number of nitrogens with one attached hydrogen (secondary N) is 1. The number of carbonyl (C=O) groups is 2. The number of carbonyl (C=O) groups excluding carboxylic acids is 2. The Morgan fingerprint density at radius 2 is 1.71 bits per heavy atom. The zero-order chi connectivity index (χ0) is 30.6. The molecule has 1 N–H and O–H groups in total. The van der Waals surface area contributed by atoms with Crippen molar-refractivity contribution < 1.29 is 22.8 Å². The first-order valence-corrected chi connectivity index (χ1v) is 15.1. The smallest absolute Gasteiger partial charge is 0.350 e. The quantitative estimate of drug-likeness (QED) is 0.366. The zero-order valence-corrected chi connectivity index (χ0v) is 25.6. The summed E-state index contributed by atoms with van der Waals surface area (Å²) in [6.45, 7) is 19.8. The number of fused-ring (bicyclic) bond motifs is 7. The highest BCUT2D eigenvalue weighted by atomic mass is 19.4. The fraction of sp³-hybridized carbons (Fsp3) is 0.735. The second kappa shape index (κ2) is 8.83. The topological polar surface area (TPSA) is 70.0 Å². The summed E-state index contributed by atoms with van der Waals surface area (Å²) < 4.78 is 39.6. The van der Waals surface area contributed by atoms with Gasteiger partial charge in [-0.05, 0) is 78.9 Å². The van der Waals surface area contributed by atoms with Crippen LogP contribution in [0.15, 0.2) is 35.5 Å². The van der Waals surface area contributed by atoms with Crippen LogP contribution in [0.4, 0.5) is 13.2 Å². The fourth-order valence-electron chi connectivity index (χ4n) is 10.6. The van der Waals surface area contributed by atoms with E-state index < -0.39 is 34.9 Å². The van der Waals surface area contributed by atoms with Crippen LogP contribution in [0.3, 0.4) is 0 Å². The zero-order valence-electron chi connectivity index (χ0n) is 25.6. The standard InChI is InChI=1S/C34H45F3N2O2/c1-20-15-24-30(6)16-21(19-38)27(41)29(4,5)23(30)9-10-31(24,7)32(8)12-14-33(39-25(40)18-34(35,36)37)13-11-28(2,3)17-22(33)26(20)32/h15-16,22-23,26H,1,9-14,17-18H2,2-8H3,(H,39,40)/t22?,23-,26?,30-,31+,32+,33-/m0/s1. The SMILES string of the molecule is C=C1C=C2[C@@]3(C)C=C(C#N)C(=O)C(C)(C)[C@@H]3CC[C@@]2(C)[C@]2(C)CC[C@@]3(NC(=O)CC(F)(F)F)CCC(C)(C)CC3C12. The molecule has 7 atom stereocenters. The lowest BCUT2D eigenvalue weighted by molar-refractivity contribution is -0.162. The van der Waals surface area contributed by atoms with Gasteiger partial charge in [0.05, 0.1) is 5.57 Å². The van der Waals surface area contributed by atoms with Crippen LogP contribution in [-0.4, -0.2) is 23.4 Å². The number of amides is 1. The Bertz CT molecular complexity index is 1320. The van der Waals surface area contributed by atoms with E-state index in [0.29, 0.717) is 12.8 Å². The molecule has 0 aromatic carbocycles. The van der Waals surface area contributed by atoms with Gasteiger partial charge in [0.1, 0.15) is 12.5 Å². The Labute approximate surface area is 242 Å². The van der Waals surface area contributed by atoms with E-state index in [1.54, 1.807) is 0 Å². The van der Waals surface area contributed by atoms with E-state index in [9.17, 15) is 28.0 Å². The highest BCUT2D eigenvalue weighted by molar-refractivity contribution is 6.04. The molecule has 0 saturated heterocycles. The number of Topliss-reactive ketones (excluding diaryl/α,β-unsaturated/α-hetero) is 1. The molecule has 5 aliphatic carbocycles. The average molecular weight is 571 g/mol. The Morgan fingerprint density at radius 1 is 1.07 bits per heavy atom. The summed E-state index contributed by atoms with van der Waals surface area (Å²) in [5, 5.41) is 12.9. The second-order valence-electron chi connectivity index (χ2n) is 15.9. The predicted octanol–water partition coefficient (Wildman–Crippen LogP) is 8.01. The molecule has 0 aromatic heterocycles. The van der Waals surface area contributed by atoms with Gasteiger partial charge in [0, 0.05) is 16.4 Å². The molecule has 0 spiro atoms. The van der Waals surface area contributed by atoms with Gasteiger partial charge >= 0.3 is 6.18 Å². The van der Waals surface area contributed by atoms with Crippen LogP contribution in [0.2, 0.25) is 0 Å². The number of hydrogen-bond donors (Lipinski definition) is 1. The maximum Gasteiger partial charge on any atom is 0.397 e. The Morgan fingerprint density at radius 3 is 2.32 bits per heavy atom. The van der Waals surface area contributed by atoms with Crippen LogP contribution in [-0.2, 0) is 9.59 Å². The lowest BCUT2D eigenvalue weighted by Gasteiger charge is -2.70. The van der Waals surface area contributed by atoms with Crippen molar-refractivity contribution in [3.63, 3.8) is 0 Å². The van der Waals surface area contributed by atoms with Gasteiger partial charge in [-0.15, -0.1) is 0 Å². The van der Waals surface area contributed by atoms with E-state index in [2.05, 4.69) is 58.7 Å². The summed E-state index contributed by atoms with van der Waals surface area (Å²) in [6, 6.07) is 2.18. The molecule has 0 aromatic rings. The molecule has 7 heteroatoms. The molecule has 5 aliphatic rings. The van der Waals surface area contributed by atoms with E-state index >= 15 is 0 Å². The van der Waals surface area contributed by atoms with Crippen LogP contribution in [0.25, 0.3) is 0 Å². The lowest BCUT2D eigenvalue weighted by atomic mass is 9.34. The van der Waals surface area contributed by atoms with Gasteiger partial charge in [0.25, 0.3) is 0 Å². The molecule has 4 nitrogen and oxygen atoms in total. The van der Waals surface area contributed by atoms with E-state index in [4.69, 9.17) is 0 Å². The van der Waals surface area contributed by atoms with Crippen molar-refractivity contribution in [2.45, 2.75) is 112 Å². The van der Waals surface area contributed by atoms with Crippen molar-refractivity contribution in [2.75, 3.05) is 0 Å². The molecule has 3 fully saturated rings. The molecule has 0 aliphatic heterocycles. The highest BCUT2D eigenvalue weighted by Crippen LogP contribution is 2.74. The molecule has 3 saturated carbocycles. The van der Waals surface area contributed by atoms with E-state index in [1.807, 2.05) is 19.9 Å². The predicted molar refractivity (Wildman–Crippen MR) is 152 cm³/mol. The molecule has 1 amide bonds. The lowest BCUT2D eigenvalue weighted by Crippen LogP contribution is -2.68. The van der Waals surface area contributed by atoms with Gasteiger partial charge < -0.3 is 5.32 Å². The van der Waals surface area contributed by atoms with Crippen LogP contribution < -0.4 is 5.32 Å². The van der Waals surface area contributed by atoms with Gasteiger partial charge in [-0.2, -0.15) is 18.4 Å². The second-order valence-corrected chi connectivity index (χ2v) is 15.9. The van der Waals surface area contributed by atoms with Crippen LogP contribution in [0.5, 0.6) is 0 Å². The summed E-state index contributed by atoms with van der Waals surface area (Å²) in [7, 11) is 0. The van der Waals surface area contributed by atoms with Crippen molar-refractivity contribution in [2.24, 2.45) is 44.8 Å². The van der Waals surface area contributed by atoms with Crippen LogP contribution >= 0.6 is 0 Å². The van der Waals surface area contributed by atoms with Gasteiger partial charge in [-0.3, -0.25) is 9.59 Å². The first-order valence-electron chi connectivity index (χ1n) is 15.1. The van der Waals surface area contributed by atoms with Crippen LogP contribution in [0.1, 0.15) is 99.8 Å². The number of alkyl halides is 3. The normalized spacial score (nSPS) is 42.8. The molecule has 0 radical (unpaired) electrons. The number of rotatable bonds is 2. The van der Waals surface area contributed by atoms with Gasteiger partial charge in [0.15, 0.2) is 5.78 Å². The molecule has 5 rings (SSSR count). The maximum absolute atomic E-state index is 13.3. The van der Waals surface area contributed by atoms with Crippen molar-refractivity contribution >= 4 is 11.7 Å². The van der Waals surface area contributed by atoms with Gasteiger partial charge in [-0.25, -0.2) is 0 Å². The summed E-state index contributed by atoms with van der Waals surface area (Å²) in [6.07, 6.45) is 3.54. The minimum Gasteiger partial charge on any atom is -0.350 e. The summed E-state index contributed by atoms with van der Waals surface area (Å²) in [4.78, 5) is 26.0. The summed E-state index contributed by atoms with van der Waals surface area (Å²) in [5.41, 5.74) is 0.0333. The first kappa shape index (κ1) is 30.1. The summed E-state index contributed by atoms with van der Waals surface area (Å²) in [5.74, 6) is -1.03. The van der Waals surface area contributed by atoms with E-state index in [1.165, 1.54) is 5.57 Å². The van der Waals surface area contributed by atoms with E-state index in [0.717, 1.165) is 37.7 Å². The van der Waals surface area contributed by atoms with Crippen molar-refractivity contribution in [1.29, 1.82) is 5.26 Å². The molecular weight excluding hydrogens is 525 g/mol. The van der Waals surface area contributed by atoms with Gasteiger partial charge in [-0.1, -0.05) is 78.3 Å². The molecule has 2 unspecified atom stereocenters. The maximum atomic E-state index is 13.3. The minimum atomic E-state index is -4.55. The average Bonchev–Trinajstić information content (AvgIpc) is 2.82. The monoisotopic (exact) mass is 570 g/mol. The molecule has 0 bridgehead atoms. The van der Waals surface area contributed by atoms with Crippen molar-refractivity contribution in [1.82, 2.24) is 5.32 Å².